The summed E-state index contributed by atoms with van der Waals surface area (Å²) in [5, 5.41) is 9.45. The van der Waals surface area contributed by atoms with Crippen LogP contribution in [0, 0.1) is 0 Å². The molecular formula is C13H18O2. The van der Waals surface area contributed by atoms with Gasteiger partial charge in [0.15, 0.2) is 0 Å². The molecule has 1 heterocycles. The minimum absolute atomic E-state index is 0.102. The van der Waals surface area contributed by atoms with Crippen LogP contribution in [0.2, 0.25) is 0 Å². The fourth-order valence-electron chi connectivity index (χ4n) is 2.65. The Kier molecular flexibility index (Phi) is 2.00. The van der Waals surface area contributed by atoms with E-state index in [0.29, 0.717) is 0 Å². The van der Waals surface area contributed by atoms with E-state index in [1.807, 2.05) is 6.07 Å². The first-order valence-corrected chi connectivity index (χ1v) is 5.33. The maximum Gasteiger partial charge on any atom is 0.127 e. The maximum absolute atomic E-state index is 9.45. The number of aromatic hydroxyl groups is 1. The lowest BCUT2D eigenvalue weighted by molar-refractivity contribution is 0.0531. The Morgan fingerprint density at radius 2 is 1.87 bits per heavy atom. The van der Waals surface area contributed by atoms with Gasteiger partial charge in [-0.2, -0.15) is 0 Å². The second-order valence-corrected chi connectivity index (χ2v) is 5.60. The number of ether oxygens (including phenoxy) is 1. The number of fused-ring (bicyclic) bond motifs is 1. The quantitative estimate of drug-likeness (QED) is 0.706. The minimum atomic E-state index is -0.162. The molecule has 0 radical (unpaired) electrons. The number of benzene rings is 1. The van der Waals surface area contributed by atoms with Crippen molar-refractivity contribution in [1.82, 2.24) is 0 Å². The largest absolute Gasteiger partial charge is 0.508 e. The van der Waals surface area contributed by atoms with Crippen molar-refractivity contribution in [3.8, 4) is 11.5 Å². The highest BCUT2D eigenvalue weighted by Crippen LogP contribution is 2.45. The van der Waals surface area contributed by atoms with Crippen LogP contribution in [0.1, 0.15) is 39.7 Å². The normalized spacial score (nSPS) is 21.6. The first-order chi connectivity index (χ1) is 6.80. The summed E-state index contributed by atoms with van der Waals surface area (Å²) in [7, 11) is 0. The van der Waals surface area contributed by atoms with E-state index in [9.17, 15) is 5.11 Å². The third kappa shape index (κ3) is 1.81. The molecule has 2 rings (SSSR count). The monoisotopic (exact) mass is 206 g/mol. The lowest BCUT2D eigenvalue weighted by atomic mass is 9.74. The van der Waals surface area contributed by atoms with Crippen molar-refractivity contribution < 1.29 is 9.84 Å². The van der Waals surface area contributed by atoms with Crippen LogP contribution < -0.4 is 4.74 Å². The molecule has 0 saturated carbocycles. The van der Waals surface area contributed by atoms with Gasteiger partial charge >= 0.3 is 0 Å². The molecule has 15 heavy (non-hydrogen) atoms. The Morgan fingerprint density at radius 1 is 1.20 bits per heavy atom. The zero-order valence-corrected chi connectivity index (χ0v) is 9.79. The summed E-state index contributed by atoms with van der Waals surface area (Å²) >= 11 is 0. The van der Waals surface area contributed by atoms with Gasteiger partial charge in [0.25, 0.3) is 0 Å². The van der Waals surface area contributed by atoms with Crippen LogP contribution in [0.15, 0.2) is 18.2 Å². The van der Waals surface area contributed by atoms with Gasteiger partial charge in [0.05, 0.1) is 0 Å². The Labute approximate surface area is 90.9 Å². The standard InChI is InChI=1S/C13H18O2/c1-12(2)8-13(3,4)15-11-7-9(14)5-6-10(11)12/h5-7,14H,8H2,1-4H3. The molecule has 1 aliphatic rings. The highest BCUT2D eigenvalue weighted by Gasteiger charge is 2.38. The van der Waals surface area contributed by atoms with E-state index in [-0.39, 0.29) is 16.8 Å². The number of phenols is 1. The molecular weight excluding hydrogens is 188 g/mol. The summed E-state index contributed by atoms with van der Waals surface area (Å²) in [5.41, 5.74) is 1.12. The molecule has 0 fully saturated rings. The highest BCUT2D eigenvalue weighted by atomic mass is 16.5. The van der Waals surface area contributed by atoms with Crippen molar-refractivity contribution >= 4 is 0 Å². The second kappa shape index (κ2) is 2.91. The van der Waals surface area contributed by atoms with Gasteiger partial charge in [0, 0.05) is 11.6 Å². The molecule has 82 valence electrons. The number of hydrogen-bond donors (Lipinski definition) is 1. The van der Waals surface area contributed by atoms with E-state index in [1.165, 1.54) is 5.56 Å². The lowest BCUT2D eigenvalue weighted by Crippen LogP contribution is -2.41. The van der Waals surface area contributed by atoms with E-state index in [1.54, 1.807) is 12.1 Å². The average molecular weight is 206 g/mol. The summed E-state index contributed by atoms with van der Waals surface area (Å²) < 4.78 is 5.88. The minimum Gasteiger partial charge on any atom is -0.508 e. The van der Waals surface area contributed by atoms with Crippen molar-refractivity contribution in [2.45, 2.75) is 45.1 Å². The molecule has 2 heteroatoms. The van der Waals surface area contributed by atoms with Crippen molar-refractivity contribution in [2.75, 3.05) is 0 Å². The van der Waals surface area contributed by atoms with E-state index in [4.69, 9.17) is 4.74 Å². The summed E-state index contributed by atoms with van der Waals surface area (Å²) in [5.74, 6) is 1.08. The Morgan fingerprint density at radius 3 is 2.53 bits per heavy atom. The van der Waals surface area contributed by atoms with Gasteiger partial charge in [-0.3, -0.25) is 0 Å². The molecule has 1 N–H and O–H groups in total. The predicted molar refractivity (Wildman–Crippen MR) is 60.5 cm³/mol. The van der Waals surface area contributed by atoms with Gasteiger partial charge < -0.3 is 9.84 Å². The lowest BCUT2D eigenvalue weighted by Gasteiger charge is -2.42. The first-order valence-electron chi connectivity index (χ1n) is 5.33. The van der Waals surface area contributed by atoms with Crippen LogP contribution in [0.3, 0.4) is 0 Å². The molecule has 0 atom stereocenters. The molecule has 1 aromatic rings. The fourth-order valence-corrected chi connectivity index (χ4v) is 2.65. The molecule has 0 aromatic heterocycles. The predicted octanol–water partition coefficient (Wildman–Crippen LogP) is 3.23. The van der Waals surface area contributed by atoms with E-state index >= 15 is 0 Å². The molecule has 0 saturated heterocycles. The molecule has 0 bridgehead atoms. The Bertz CT molecular complexity index is 392. The van der Waals surface area contributed by atoms with E-state index in [0.717, 1.165) is 12.2 Å². The van der Waals surface area contributed by atoms with E-state index < -0.39 is 0 Å². The van der Waals surface area contributed by atoms with Crippen LogP contribution in [0.4, 0.5) is 0 Å². The summed E-state index contributed by atoms with van der Waals surface area (Å²) in [6.45, 7) is 8.60. The third-order valence-corrected chi connectivity index (χ3v) is 2.95. The molecule has 2 nitrogen and oxygen atoms in total. The number of rotatable bonds is 0. The zero-order valence-electron chi connectivity index (χ0n) is 9.79. The van der Waals surface area contributed by atoms with Gasteiger partial charge in [0.1, 0.15) is 17.1 Å². The average Bonchev–Trinajstić information content (AvgIpc) is 1.97. The van der Waals surface area contributed by atoms with Crippen molar-refractivity contribution in [1.29, 1.82) is 0 Å². The summed E-state index contributed by atoms with van der Waals surface area (Å²) in [6.07, 6.45) is 0.984. The second-order valence-electron chi connectivity index (χ2n) is 5.60. The van der Waals surface area contributed by atoms with Crippen LogP contribution >= 0.6 is 0 Å². The van der Waals surface area contributed by atoms with Gasteiger partial charge in [-0.1, -0.05) is 19.9 Å². The molecule has 0 amide bonds. The molecule has 0 aliphatic carbocycles. The van der Waals surface area contributed by atoms with Gasteiger partial charge in [-0.15, -0.1) is 0 Å². The Hall–Kier alpha value is -1.18. The van der Waals surface area contributed by atoms with Crippen LogP contribution in [-0.2, 0) is 5.41 Å². The van der Waals surface area contributed by atoms with Gasteiger partial charge in [-0.25, -0.2) is 0 Å². The third-order valence-electron chi connectivity index (χ3n) is 2.95. The van der Waals surface area contributed by atoms with Gasteiger partial charge in [-0.05, 0) is 31.7 Å². The first kappa shape index (κ1) is 10.3. The SMILES string of the molecule is CC1(C)CC(C)(C)c2ccc(O)cc2O1. The molecule has 0 spiro atoms. The smallest absolute Gasteiger partial charge is 0.127 e. The maximum atomic E-state index is 9.45. The zero-order chi connectivity index (χ0) is 11.3. The summed E-state index contributed by atoms with van der Waals surface area (Å²) in [6, 6.07) is 5.39. The Balaban J connectivity index is 2.55. The van der Waals surface area contributed by atoms with Crippen LogP contribution in [-0.4, -0.2) is 10.7 Å². The van der Waals surface area contributed by atoms with Crippen molar-refractivity contribution in [3.63, 3.8) is 0 Å². The molecule has 0 unspecified atom stereocenters. The number of phenolic OH excluding ortho intramolecular Hbond substituents is 1. The summed E-state index contributed by atoms with van der Waals surface area (Å²) in [4.78, 5) is 0. The van der Waals surface area contributed by atoms with Gasteiger partial charge in [0.2, 0.25) is 0 Å². The van der Waals surface area contributed by atoms with Crippen LogP contribution in [0.5, 0.6) is 11.5 Å². The van der Waals surface area contributed by atoms with E-state index in [2.05, 4.69) is 27.7 Å². The van der Waals surface area contributed by atoms with Crippen molar-refractivity contribution in [2.24, 2.45) is 0 Å². The molecule has 1 aromatic carbocycles. The highest BCUT2D eigenvalue weighted by molar-refractivity contribution is 5.46. The molecule has 1 aliphatic heterocycles. The van der Waals surface area contributed by atoms with Crippen LogP contribution in [0.25, 0.3) is 0 Å². The number of hydrogen-bond acceptors (Lipinski definition) is 2. The topological polar surface area (TPSA) is 29.5 Å². The van der Waals surface area contributed by atoms with Crippen molar-refractivity contribution in [3.05, 3.63) is 23.8 Å². The fraction of sp³-hybridized carbons (Fsp3) is 0.538.